The highest BCUT2D eigenvalue weighted by Gasteiger charge is 2.18. The summed E-state index contributed by atoms with van der Waals surface area (Å²) < 4.78 is 12.5. The molecule has 0 saturated carbocycles. The zero-order valence-corrected chi connectivity index (χ0v) is 14.7. The van der Waals surface area contributed by atoms with Crippen LogP contribution in [-0.2, 0) is 0 Å². The lowest BCUT2D eigenvalue weighted by molar-refractivity contribution is 0.0935. The van der Waals surface area contributed by atoms with Crippen molar-refractivity contribution < 1.29 is 14.3 Å². The molecule has 0 radical (unpaired) electrons. The molecule has 1 atom stereocenters. The van der Waals surface area contributed by atoms with Crippen molar-refractivity contribution in [1.82, 2.24) is 14.7 Å². The van der Waals surface area contributed by atoms with Gasteiger partial charge in [-0.2, -0.15) is 0 Å². The molecule has 1 aromatic carbocycles. The molecule has 6 heteroatoms. The summed E-state index contributed by atoms with van der Waals surface area (Å²) in [7, 11) is 3.21. The summed E-state index contributed by atoms with van der Waals surface area (Å²) in [4.78, 5) is 17.0. The van der Waals surface area contributed by atoms with Crippen molar-refractivity contribution >= 4 is 11.6 Å². The number of nitrogens with one attached hydrogen (secondary N) is 1. The molecule has 2 heterocycles. The fourth-order valence-electron chi connectivity index (χ4n) is 2.78. The fraction of sp³-hybridized carbons (Fsp3) is 0.263. The normalized spacial score (nSPS) is 12.0. The second kappa shape index (κ2) is 6.84. The van der Waals surface area contributed by atoms with Crippen molar-refractivity contribution in [2.24, 2.45) is 0 Å². The van der Waals surface area contributed by atoms with E-state index >= 15 is 0 Å². The molecule has 0 unspecified atom stereocenters. The first-order valence-corrected chi connectivity index (χ1v) is 8.01. The minimum Gasteiger partial charge on any atom is -0.497 e. The van der Waals surface area contributed by atoms with Crippen LogP contribution in [-0.4, -0.2) is 29.5 Å². The summed E-state index contributed by atoms with van der Waals surface area (Å²) in [5, 5.41) is 2.97. The SMILES string of the molecule is COc1ccc(OC)c([C@@H](C)NC(=O)c2cn3c(C)cccc3n2)c1. The molecule has 6 nitrogen and oxygen atoms in total. The molecule has 0 saturated heterocycles. The average Bonchev–Trinajstić information content (AvgIpc) is 3.07. The Bertz CT molecular complexity index is 917. The minimum absolute atomic E-state index is 0.236. The number of hydrogen-bond acceptors (Lipinski definition) is 4. The van der Waals surface area contributed by atoms with E-state index < -0.39 is 0 Å². The van der Waals surface area contributed by atoms with Crippen molar-refractivity contribution in [1.29, 1.82) is 0 Å². The smallest absolute Gasteiger partial charge is 0.271 e. The number of pyridine rings is 1. The summed E-state index contributed by atoms with van der Waals surface area (Å²) >= 11 is 0. The predicted octanol–water partition coefficient (Wildman–Crippen LogP) is 3.15. The number of benzene rings is 1. The molecule has 0 bridgehead atoms. The maximum absolute atomic E-state index is 12.6. The van der Waals surface area contributed by atoms with Gasteiger partial charge in [-0.15, -0.1) is 0 Å². The van der Waals surface area contributed by atoms with E-state index in [1.807, 2.05) is 54.6 Å². The Morgan fingerprint density at radius 2 is 2.00 bits per heavy atom. The van der Waals surface area contributed by atoms with Crippen LogP contribution in [0.1, 0.15) is 34.7 Å². The third-order valence-corrected chi connectivity index (χ3v) is 4.18. The highest BCUT2D eigenvalue weighted by atomic mass is 16.5. The van der Waals surface area contributed by atoms with Gasteiger partial charge in [-0.25, -0.2) is 4.98 Å². The number of rotatable bonds is 5. The third-order valence-electron chi connectivity index (χ3n) is 4.18. The number of fused-ring (bicyclic) bond motifs is 1. The Balaban J connectivity index is 1.85. The van der Waals surface area contributed by atoms with Crippen LogP contribution >= 0.6 is 0 Å². The van der Waals surface area contributed by atoms with Gasteiger partial charge in [0.2, 0.25) is 0 Å². The Labute approximate surface area is 146 Å². The lowest BCUT2D eigenvalue weighted by Gasteiger charge is -2.17. The van der Waals surface area contributed by atoms with Gasteiger partial charge in [0, 0.05) is 17.5 Å². The van der Waals surface area contributed by atoms with Crippen molar-refractivity contribution in [3.63, 3.8) is 0 Å². The number of amides is 1. The van der Waals surface area contributed by atoms with E-state index in [9.17, 15) is 4.79 Å². The molecule has 2 aromatic heterocycles. The van der Waals surface area contributed by atoms with E-state index in [0.717, 1.165) is 16.9 Å². The second-order valence-corrected chi connectivity index (χ2v) is 5.82. The van der Waals surface area contributed by atoms with Gasteiger partial charge in [0.05, 0.1) is 20.3 Å². The summed E-state index contributed by atoms with van der Waals surface area (Å²) in [5.74, 6) is 1.17. The summed E-state index contributed by atoms with van der Waals surface area (Å²) in [6.07, 6.45) is 1.75. The second-order valence-electron chi connectivity index (χ2n) is 5.82. The molecular weight excluding hydrogens is 318 g/mol. The molecule has 3 aromatic rings. The summed E-state index contributed by atoms with van der Waals surface area (Å²) in [6.45, 7) is 3.87. The molecule has 1 amide bonds. The molecule has 0 aliphatic heterocycles. The lowest BCUT2D eigenvalue weighted by atomic mass is 10.1. The number of hydrogen-bond donors (Lipinski definition) is 1. The Hall–Kier alpha value is -3.02. The van der Waals surface area contributed by atoms with Gasteiger partial charge in [-0.3, -0.25) is 4.79 Å². The van der Waals surface area contributed by atoms with Gasteiger partial charge in [0.1, 0.15) is 22.8 Å². The van der Waals surface area contributed by atoms with Gasteiger partial charge in [0.15, 0.2) is 0 Å². The topological polar surface area (TPSA) is 64.9 Å². The number of carbonyl (C=O) groups excluding carboxylic acids is 1. The van der Waals surface area contributed by atoms with E-state index in [0.29, 0.717) is 17.2 Å². The van der Waals surface area contributed by atoms with Gasteiger partial charge in [0.25, 0.3) is 5.91 Å². The van der Waals surface area contributed by atoms with Crippen molar-refractivity contribution in [3.8, 4) is 11.5 Å². The first-order valence-electron chi connectivity index (χ1n) is 8.01. The number of methoxy groups -OCH3 is 2. The molecule has 0 spiro atoms. The van der Waals surface area contributed by atoms with E-state index in [2.05, 4.69) is 10.3 Å². The Kier molecular flexibility index (Phi) is 4.61. The fourth-order valence-corrected chi connectivity index (χ4v) is 2.78. The first kappa shape index (κ1) is 16.8. The number of carbonyl (C=O) groups is 1. The molecule has 0 aliphatic carbocycles. The van der Waals surface area contributed by atoms with Gasteiger partial charge in [-0.05, 0) is 44.2 Å². The Morgan fingerprint density at radius 1 is 1.20 bits per heavy atom. The van der Waals surface area contributed by atoms with E-state index in [4.69, 9.17) is 9.47 Å². The number of aromatic nitrogens is 2. The highest BCUT2D eigenvalue weighted by Crippen LogP contribution is 2.29. The van der Waals surface area contributed by atoms with Crippen LogP contribution in [0.5, 0.6) is 11.5 Å². The summed E-state index contributed by atoms with van der Waals surface area (Å²) in [5.41, 5.74) is 2.99. The zero-order valence-electron chi connectivity index (χ0n) is 14.7. The molecule has 0 aliphatic rings. The van der Waals surface area contributed by atoms with Crippen LogP contribution in [0.4, 0.5) is 0 Å². The standard InChI is InChI=1S/C19H21N3O3/c1-12-6-5-7-18-21-16(11-22(12)18)19(23)20-13(2)15-10-14(24-3)8-9-17(15)25-4/h5-11,13H,1-4H3,(H,20,23)/t13-/m1/s1. The number of imidazole rings is 1. The molecule has 25 heavy (non-hydrogen) atoms. The molecular formula is C19H21N3O3. The zero-order chi connectivity index (χ0) is 18.0. The number of nitrogens with zero attached hydrogens (tertiary/aromatic N) is 2. The average molecular weight is 339 g/mol. The maximum atomic E-state index is 12.6. The predicted molar refractivity (Wildman–Crippen MR) is 95.4 cm³/mol. The summed E-state index contributed by atoms with van der Waals surface area (Å²) in [6, 6.07) is 11.0. The Morgan fingerprint density at radius 3 is 2.68 bits per heavy atom. The van der Waals surface area contributed by atoms with Gasteiger partial charge < -0.3 is 19.2 Å². The number of ether oxygens (including phenoxy) is 2. The minimum atomic E-state index is -0.261. The monoisotopic (exact) mass is 339 g/mol. The largest absolute Gasteiger partial charge is 0.497 e. The van der Waals surface area contributed by atoms with Crippen LogP contribution < -0.4 is 14.8 Å². The third kappa shape index (κ3) is 3.28. The van der Waals surface area contributed by atoms with Gasteiger partial charge in [-0.1, -0.05) is 6.07 Å². The quantitative estimate of drug-likeness (QED) is 0.775. The van der Waals surface area contributed by atoms with E-state index in [-0.39, 0.29) is 11.9 Å². The van der Waals surface area contributed by atoms with Crippen LogP contribution in [0.2, 0.25) is 0 Å². The first-order chi connectivity index (χ1) is 12.0. The van der Waals surface area contributed by atoms with Crippen molar-refractivity contribution in [2.75, 3.05) is 14.2 Å². The van der Waals surface area contributed by atoms with Crippen molar-refractivity contribution in [3.05, 3.63) is 59.5 Å². The number of aryl methyl sites for hydroxylation is 1. The lowest BCUT2D eigenvalue weighted by Crippen LogP contribution is -2.27. The molecule has 0 fully saturated rings. The molecule has 3 rings (SSSR count). The van der Waals surface area contributed by atoms with Crippen LogP contribution in [0.3, 0.4) is 0 Å². The van der Waals surface area contributed by atoms with Crippen molar-refractivity contribution in [2.45, 2.75) is 19.9 Å². The van der Waals surface area contributed by atoms with Crippen LogP contribution in [0.25, 0.3) is 5.65 Å². The molecule has 130 valence electrons. The highest BCUT2D eigenvalue weighted by molar-refractivity contribution is 5.93. The molecule has 1 N–H and O–H groups in total. The van der Waals surface area contributed by atoms with Gasteiger partial charge >= 0.3 is 0 Å². The van der Waals surface area contributed by atoms with Crippen LogP contribution in [0.15, 0.2) is 42.6 Å². The van der Waals surface area contributed by atoms with Crippen LogP contribution in [0, 0.1) is 6.92 Å². The van der Waals surface area contributed by atoms with E-state index in [1.165, 1.54) is 0 Å². The van der Waals surface area contributed by atoms with E-state index in [1.54, 1.807) is 20.4 Å². The maximum Gasteiger partial charge on any atom is 0.271 e.